The highest BCUT2D eigenvalue weighted by molar-refractivity contribution is 5.93. The number of ether oxygens (including phenoxy) is 1. The molecule has 2 saturated heterocycles. The summed E-state index contributed by atoms with van der Waals surface area (Å²) in [5.41, 5.74) is 1.53. The summed E-state index contributed by atoms with van der Waals surface area (Å²) in [6.07, 6.45) is 2.00. The van der Waals surface area contributed by atoms with E-state index in [0.717, 1.165) is 36.0 Å². The van der Waals surface area contributed by atoms with E-state index in [9.17, 15) is 9.59 Å². The van der Waals surface area contributed by atoms with Crippen LogP contribution in [0.25, 0.3) is 10.9 Å². The van der Waals surface area contributed by atoms with Gasteiger partial charge in [0.05, 0.1) is 18.7 Å². The molecule has 0 spiro atoms. The molecule has 8 heteroatoms. The van der Waals surface area contributed by atoms with Crippen LogP contribution >= 0.6 is 0 Å². The van der Waals surface area contributed by atoms with Gasteiger partial charge in [-0.2, -0.15) is 0 Å². The zero-order chi connectivity index (χ0) is 20.4. The van der Waals surface area contributed by atoms with Crippen molar-refractivity contribution in [1.82, 2.24) is 19.7 Å². The van der Waals surface area contributed by atoms with Crippen molar-refractivity contribution in [2.75, 3.05) is 52.2 Å². The quantitative estimate of drug-likeness (QED) is 0.857. The summed E-state index contributed by atoms with van der Waals surface area (Å²) in [6.45, 7) is 3.23. The van der Waals surface area contributed by atoms with Crippen molar-refractivity contribution >= 4 is 28.5 Å². The van der Waals surface area contributed by atoms with Gasteiger partial charge in [0, 0.05) is 43.3 Å². The minimum absolute atomic E-state index is 0.000194. The molecule has 4 rings (SSSR count). The Morgan fingerprint density at radius 1 is 1.07 bits per heavy atom. The van der Waals surface area contributed by atoms with Crippen LogP contribution in [0, 0.1) is 0 Å². The summed E-state index contributed by atoms with van der Waals surface area (Å²) in [6, 6.07) is 9.17. The highest BCUT2D eigenvalue weighted by Gasteiger charge is 2.33. The Morgan fingerprint density at radius 3 is 2.52 bits per heavy atom. The van der Waals surface area contributed by atoms with Gasteiger partial charge in [0.15, 0.2) is 0 Å². The first-order chi connectivity index (χ1) is 14.0. The van der Waals surface area contributed by atoms with E-state index in [1.807, 2.05) is 36.2 Å². The van der Waals surface area contributed by atoms with Gasteiger partial charge in [-0.15, -0.1) is 0 Å². The maximum Gasteiger partial charge on any atom is 0.321 e. The number of carbonyl (C=O) groups is 2. The first-order valence-corrected chi connectivity index (χ1v) is 10.0. The third kappa shape index (κ3) is 4.12. The second-order valence-corrected chi connectivity index (χ2v) is 7.64. The van der Waals surface area contributed by atoms with Gasteiger partial charge in [0.2, 0.25) is 11.8 Å². The number of amides is 3. The van der Waals surface area contributed by atoms with Gasteiger partial charge in [-0.25, -0.2) is 9.78 Å². The number of hydrogen-bond acceptors (Lipinski definition) is 5. The number of carbonyl (C=O) groups excluding carboxylic acids is 2. The number of nitrogens with zero attached hydrogens (tertiary/aromatic N) is 4. The number of hydrogen-bond donors (Lipinski definition) is 1. The average Bonchev–Trinajstić information content (AvgIpc) is 3.18. The van der Waals surface area contributed by atoms with E-state index in [0.29, 0.717) is 32.1 Å². The number of likely N-dealkylation sites (N-methyl/N-ethyl adjacent to an activating group) is 1. The number of rotatable bonds is 3. The predicted molar refractivity (Wildman–Crippen MR) is 111 cm³/mol. The van der Waals surface area contributed by atoms with Crippen LogP contribution in [0.3, 0.4) is 0 Å². The smallest absolute Gasteiger partial charge is 0.321 e. The number of pyridine rings is 1. The zero-order valence-electron chi connectivity index (χ0n) is 16.9. The molecule has 0 radical (unpaired) electrons. The standard InChI is InChI=1S/C21H27N5O3/c1-24-9-3-4-18(24)20(27)25-10-12-26(13-11-25)21(28)22-16-6-7-17-15(14-16)5-8-19(23-17)29-2/h5-8,14,18H,3-4,9-13H2,1-2H3,(H,22,28). The number of anilines is 1. The number of benzene rings is 1. The lowest BCUT2D eigenvalue weighted by Gasteiger charge is -2.36. The largest absolute Gasteiger partial charge is 0.481 e. The topological polar surface area (TPSA) is 78.0 Å². The molecule has 2 aliphatic rings. The number of nitrogens with one attached hydrogen (secondary N) is 1. The lowest BCUT2D eigenvalue weighted by atomic mass is 10.1. The van der Waals surface area contributed by atoms with Gasteiger partial charge in [0.1, 0.15) is 0 Å². The van der Waals surface area contributed by atoms with E-state index in [4.69, 9.17) is 4.74 Å². The number of aromatic nitrogens is 1. The second-order valence-electron chi connectivity index (χ2n) is 7.64. The van der Waals surface area contributed by atoms with Crippen LogP contribution in [0.5, 0.6) is 5.88 Å². The Bertz CT molecular complexity index is 910. The van der Waals surface area contributed by atoms with Gasteiger partial charge in [-0.1, -0.05) is 0 Å². The van der Waals surface area contributed by atoms with E-state index in [1.165, 1.54) is 0 Å². The van der Waals surface area contributed by atoms with E-state index >= 15 is 0 Å². The van der Waals surface area contributed by atoms with Crippen LogP contribution in [0.4, 0.5) is 10.5 Å². The van der Waals surface area contributed by atoms with Crippen molar-refractivity contribution in [1.29, 1.82) is 0 Å². The Kier molecular flexibility index (Phi) is 5.53. The normalized spacial score (nSPS) is 20.1. The van der Waals surface area contributed by atoms with Crippen molar-refractivity contribution in [2.24, 2.45) is 0 Å². The Labute approximate surface area is 170 Å². The molecule has 1 N–H and O–H groups in total. The number of likely N-dealkylation sites (tertiary alicyclic amines) is 1. The molecule has 2 aliphatic heterocycles. The van der Waals surface area contributed by atoms with Crippen LogP contribution in [0.2, 0.25) is 0 Å². The SMILES string of the molecule is COc1ccc2cc(NC(=O)N3CCN(C(=O)C4CCCN4C)CC3)ccc2n1. The Morgan fingerprint density at radius 2 is 1.83 bits per heavy atom. The lowest BCUT2D eigenvalue weighted by Crippen LogP contribution is -2.55. The minimum Gasteiger partial charge on any atom is -0.481 e. The highest BCUT2D eigenvalue weighted by Crippen LogP contribution is 2.21. The molecule has 0 aliphatic carbocycles. The van der Waals surface area contributed by atoms with Crippen molar-refractivity contribution in [3.05, 3.63) is 30.3 Å². The fourth-order valence-electron chi connectivity index (χ4n) is 4.06. The van der Waals surface area contributed by atoms with E-state index in [-0.39, 0.29) is 18.0 Å². The summed E-state index contributed by atoms with van der Waals surface area (Å²) in [7, 11) is 3.59. The summed E-state index contributed by atoms with van der Waals surface area (Å²) in [5.74, 6) is 0.757. The maximum absolute atomic E-state index is 12.7. The molecule has 2 aromatic rings. The molecule has 8 nitrogen and oxygen atoms in total. The molecule has 1 aromatic carbocycles. The summed E-state index contributed by atoms with van der Waals surface area (Å²) in [4.78, 5) is 35.5. The van der Waals surface area contributed by atoms with Crippen LogP contribution in [-0.2, 0) is 4.79 Å². The van der Waals surface area contributed by atoms with Crippen LogP contribution in [0.15, 0.2) is 30.3 Å². The highest BCUT2D eigenvalue weighted by atomic mass is 16.5. The first-order valence-electron chi connectivity index (χ1n) is 10.0. The third-order valence-electron chi connectivity index (χ3n) is 5.81. The molecule has 2 fully saturated rings. The molecule has 0 saturated carbocycles. The molecule has 29 heavy (non-hydrogen) atoms. The van der Waals surface area contributed by atoms with Crippen LogP contribution in [0.1, 0.15) is 12.8 Å². The van der Waals surface area contributed by atoms with Gasteiger partial charge in [-0.3, -0.25) is 9.69 Å². The fraction of sp³-hybridized carbons (Fsp3) is 0.476. The van der Waals surface area contributed by atoms with Gasteiger partial charge in [-0.05, 0) is 50.7 Å². The van der Waals surface area contributed by atoms with E-state index < -0.39 is 0 Å². The summed E-state index contributed by atoms with van der Waals surface area (Å²) >= 11 is 0. The van der Waals surface area contributed by atoms with Crippen molar-refractivity contribution in [3.8, 4) is 5.88 Å². The molecule has 154 valence electrons. The average molecular weight is 397 g/mol. The van der Waals surface area contributed by atoms with E-state index in [2.05, 4.69) is 15.2 Å². The number of methoxy groups -OCH3 is 1. The van der Waals surface area contributed by atoms with Crippen molar-refractivity contribution < 1.29 is 14.3 Å². The summed E-state index contributed by atoms with van der Waals surface area (Å²) in [5, 5.41) is 3.89. The van der Waals surface area contributed by atoms with Gasteiger partial charge in [0.25, 0.3) is 0 Å². The molecule has 3 heterocycles. The molecule has 0 bridgehead atoms. The van der Waals surface area contributed by atoms with Crippen LogP contribution < -0.4 is 10.1 Å². The molecular weight excluding hydrogens is 370 g/mol. The predicted octanol–water partition coefficient (Wildman–Crippen LogP) is 2.01. The zero-order valence-corrected chi connectivity index (χ0v) is 16.9. The molecule has 1 atom stereocenters. The molecule has 1 aromatic heterocycles. The first kappa shape index (κ1) is 19.4. The number of urea groups is 1. The second kappa shape index (κ2) is 8.24. The Balaban J connectivity index is 1.34. The molecule has 1 unspecified atom stereocenters. The third-order valence-corrected chi connectivity index (χ3v) is 5.81. The minimum atomic E-state index is -0.143. The Hall–Kier alpha value is -2.87. The number of piperazine rings is 1. The van der Waals surface area contributed by atoms with Gasteiger partial charge >= 0.3 is 6.03 Å². The maximum atomic E-state index is 12.7. The number of fused-ring (bicyclic) bond motifs is 1. The lowest BCUT2D eigenvalue weighted by molar-refractivity contribution is -0.136. The summed E-state index contributed by atoms with van der Waals surface area (Å²) < 4.78 is 5.14. The van der Waals surface area contributed by atoms with E-state index in [1.54, 1.807) is 18.1 Å². The van der Waals surface area contributed by atoms with Gasteiger partial charge < -0.3 is 19.9 Å². The molecule has 3 amide bonds. The monoisotopic (exact) mass is 397 g/mol. The van der Waals surface area contributed by atoms with Crippen molar-refractivity contribution in [2.45, 2.75) is 18.9 Å². The molecular formula is C21H27N5O3. The van der Waals surface area contributed by atoms with Crippen LogP contribution in [-0.4, -0.2) is 84.5 Å². The van der Waals surface area contributed by atoms with Crippen molar-refractivity contribution in [3.63, 3.8) is 0 Å². The fourth-order valence-corrected chi connectivity index (χ4v) is 4.06.